The second kappa shape index (κ2) is 9.39. The summed E-state index contributed by atoms with van der Waals surface area (Å²) in [6.45, 7) is 0. The Kier molecular flexibility index (Phi) is 7.18. The summed E-state index contributed by atoms with van der Waals surface area (Å²) in [6, 6.07) is 28.5. The molecule has 0 amide bonds. The molecule has 0 aromatic heterocycles. The van der Waals surface area contributed by atoms with E-state index in [0.29, 0.717) is 17.2 Å². The molecule has 0 heterocycles. The molecule has 0 aliphatic carbocycles. The molecule has 0 atom stereocenters. The van der Waals surface area contributed by atoms with E-state index in [4.69, 9.17) is 13.6 Å². The van der Waals surface area contributed by atoms with E-state index in [9.17, 15) is 0 Å². The number of para-hydroxylation sites is 3. The molecule has 0 bridgehead atoms. The van der Waals surface area contributed by atoms with Gasteiger partial charge in [-0.25, -0.2) is 0 Å². The first-order chi connectivity index (χ1) is 10.9. The van der Waals surface area contributed by atoms with Crippen molar-refractivity contribution in [2.75, 3.05) is 0 Å². The van der Waals surface area contributed by atoms with Crippen LogP contribution in [-0.2, 0) is 22.4 Å². The van der Waals surface area contributed by atoms with Crippen LogP contribution < -0.4 is 13.6 Å². The minimum atomic E-state index is -1.59. The van der Waals surface area contributed by atoms with Crippen LogP contribution in [0.15, 0.2) is 91.0 Å². The summed E-state index contributed by atoms with van der Waals surface area (Å²) in [5.41, 5.74) is 0. The molecule has 3 nitrogen and oxygen atoms in total. The van der Waals surface area contributed by atoms with Gasteiger partial charge in [0.25, 0.3) is 0 Å². The second-order valence-corrected chi connectivity index (χ2v) is 5.43. The van der Waals surface area contributed by atoms with Crippen molar-refractivity contribution in [2.45, 2.75) is 0 Å². The molecule has 0 saturated heterocycles. The Morgan fingerprint density at radius 2 is 0.696 bits per heavy atom. The largest absolute Gasteiger partial charge is 0.530 e. The summed E-state index contributed by atoms with van der Waals surface area (Å²) in [4.78, 5) is 0. The van der Waals surface area contributed by atoms with Crippen LogP contribution in [0, 0.1) is 0 Å². The molecular formula is C18H15AuO3P. The predicted molar refractivity (Wildman–Crippen MR) is 88.1 cm³/mol. The topological polar surface area (TPSA) is 27.7 Å². The summed E-state index contributed by atoms with van der Waals surface area (Å²) >= 11 is 0. The Morgan fingerprint density at radius 1 is 0.435 bits per heavy atom. The second-order valence-electron chi connectivity index (χ2n) is 4.44. The summed E-state index contributed by atoms with van der Waals surface area (Å²) in [5.74, 6) is 2.13. The molecule has 121 valence electrons. The Bertz CT molecular complexity index is 582. The van der Waals surface area contributed by atoms with Crippen molar-refractivity contribution >= 4 is 8.60 Å². The smallest absolute Gasteiger partial charge is 0.409 e. The Labute approximate surface area is 152 Å². The number of benzene rings is 3. The van der Waals surface area contributed by atoms with E-state index in [2.05, 4.69) is 0 Å². The van der Waals surface area contributed by atoms with Gasteiger partial charge in [0, 0.05) is 22.4 Å². The molecule has 0 aliphatic heterocycles. The van der Waals surface area contributed by atoms with Gasteiger partial charge in [-0.15, -0.1) is 0 Å². The third-order valence-electron chi connectivity index (χ3n) is 2.77. The third kappa shape index (κ3) is 5.74. The molecule has 1 radical (unpaired) electrons. The van der Waals surface area contributed by atoms with Gasteiger partial charge in [0.15, 0.2) is 0 Å². The molecule has 3 aromatic rings. The Morgan fingerprint density at radius 3 is 0.957 bits per heavy atom. The summed E-state index contributed by atoms with van der Waals surface area (Å²) in [7, 11) is -1.59. The zero-order valence-corrected chi connectivity index (χ0v) is 15.2. The molecule has 0 aliphatic rings. The Hall–Kier alpha value is -1.77. The number of hydrogen-bond donors (Lipinski definition) is 0. The van der Waals surface area contributed by atoms with Gasteiger partial charge in [-0.05, 0) is 36.4 Å². The number of hydrogen-bond acceptors (Lipinski definition) is 3. The quantitative estimate of drug-likeness (QED) is 0.328. The third-order valence-corrected chi connectivity index (χ3v) is 3.85. The summed E-state index contributed by atoms with van der Waals surface area (Å²) in [6.07, 6.45) is 0. The first kappa shape index (κ1) is 17.6. The standard InChI is InChI=1S/C18H15O3P.Au/c1-4-10-16(11-5-1)19-22(20-17-12-6-2-7-13-17)21-18-14-8-3-9-15-18;/h1-15H;. The van der Waals surface area contributed by atoms with Crippen LogP contribution in [-0.4, -0.2) is 0 Å². The zero-order valence-electron chi connectivity index (χ0n) is 12.1. The summed E-state index contributed by atoms with van der Waals surface area (Å²) < 4.78 is 17.5. The maximum absolute atomic E-state index is 5.84. The van der Waals surface area contributed by atoms with Crippen LogP contribution in [0.25, 0.3) is 0 Å². The van der Waals surface area contributed by atoms with E-state index in [1.165, 1.54) is 0 Å². The fourth-order valence-electron chi connectivity index (χ4n) is 1.76. The van der Waals surface area contributed by atoms with E-state index in [1.54, 1.807) is 0 Å². The SMILES string of the molecule is [Au].c1ccc(OP(Oc2ccccc2)Oc2ccccc2)cc1. The molecule has 0 saturated carbocycles. The van der Waals surface area contributed by atoms with Crippen molar-refractivity contribution in [3.8, 4) is 17.2 Å². The molecule has 0 N–H and O–H groups in total. The van der Waals surface area contributed by atoms with E-state index >= 15 is 0 Å². The van der Waals surface area contributed by atoms with Crippen molar-refractivity contribution in [2.24, 2.45) is 0 Å². The van der Waals surface area contributed by atoms with E-state index in [0.717, 1.165) is 0 Å². The van der Waals surface area contributed by atoms with Crippen molar-refractivity contribution < 1.29 is 36.0 Å². The van der Waals surface area contributed by atoms with Crippen LogP contribution in [0.5, 0.6) is 17.2 Å². The molecule has 0 fully saturated rings. The van der Waals surface area contributed by atoms with Crippen LogP contribution >= 0.6 is 8.60 Å². The minimum Gasteiger partial charge on any atom is -0.409 e. The monoisotopic (exact) mass is 507 g/mol. The van der Waals surface area contributed by atoms with Crippen molar-refractivity contribution in [1.29, 1.82) is 0 Å². The van der Waals surface area contributed by atoms with Crippen LogP contribution in [0.2, 0.25) is 0 Å². The average molecular weight is 507 g/mol. The molecule has 3 aromatic carbocycles. The van der Waals surface area contributed by atoms with Crippen LogP contribution in [0.1, 0.15) is 0 Å². The van der Waals surface area contributed by atoms with Gasteiger partial charge in [-0.3, -0.25) is 0 Å². The first-order valence-electron chi connectivity index (χ1n) is 6.89. The average Bonchev–Trinajstić information content (AvgIpc) is 2.57. The normalized spacial score (nSPS) is 9.78. The molecule has 0 unspecified atom stereocenters. The van der Waals surface area contributed by atoms with Crippen LogP contribution in [0.4, 0.5) is 0 Å². The van der Waals surface area contributed by atoms with Crippen molar-refractivity contribution in [3.05, 3.63) is 91.0 Å². The van der Waals surface area contributed by atoms with Crippen molar-refractivity contribution in [3.63, 3.8) is 0 Å². The maximum Gasteiger partial charge on any atom is 0.530 e. The maximum atomic E-state index is 5.84. The van der Waals surface area contributed by atoms with Gasteiger partial charge in [-0.1, -0.05) is 54.6 Å². The van der Waals surface area contributed by atoms with Gasteiger partial charge < -0.3 is 13.6 Å². The van der Waals surface area contributed by atoms with Gasteiger partial charge in [0.2, 0.25) is 0 Å². The molecule has 23 heavy (non-hydrogen) atoms. The van der Waals surface area contributed by atoms with E-state index < -0.39 is 8.60 Å². The predicted octanol–water partition coefficient (Wildman–Crippen LogP) is 5.45. The van der Waals surface area contributed by atoms with Gasteiger partial charge in [-0.2, -0.15) is 0 Å². The first-order valence-corrected chi connectivity index (χ1v) is 7.99. The molecule has 3 rings (SSSR count). The van der Waals surface area contributed by atoms with E-state index in [-0.39, 0.29) is 22.4 Å². The zero-order chi connectivity index (χ0) is 15.0. The molecular weight excluding hydrogens is 492 g/mol. The fraction of sp³-hybridized carbons (Fsp3) is 0. The number of rotatable bonds is 6. The summed E-state index contributed by atoms with van der Waals surface area (Å²) in [5, 5.41) is 0. The van der Waals surface area contributed by atoms with Crippen LogP contribution in [0.3, 0.4) is 0 Å². The van der Waals surface area contributed by atoms with Gasteiger partial charge in [0.1, 0.15) is 17.2 Å². The van der Waals surface area contributed by atoms with Gasteiger partial charge >= 0.3 is 8.60 Å². The fourth-order valence-corrected chi connectivity index (χ4v) is 2.75. The Balaban J connectivity index is 0.00000192. The molecule has 0 spiro atoms. The van der Waals surface area contributed by atoms with Gasteiger partial charge in [0.05, 0.1) is 0 Å². The van der Waals surface area contributed by atoms with E-state index in [1.807, 2.05) is 91.0 Å². The minimum absolute atomic E-state index is 0. The van der Waals surface area contributed by atoms with Crippen molar-refractivity contribution in [1.82, 2.24) is 0 Å². The molecule has 5 heteroatoms.